The minimum absolute atomic E-state index is 0.205. The third-order valence-electron chi connectivity index (χ3n) is 6.21. The fraction of sp³-hybridized carbons (Fsp3) is 0.250. The maximum Gasteiger partial charge on any atom is 0.332 e. The first kappa shape index (κ1) is 25.7. The van der Waals surface area contributed by atoms with Crippen molar-refractivity contribution in [3.63, 3.8) is 0 Å². The summed E-state index contributed by atoms with van der Waals surface area (Å²) < 4.78 is 23.9. The minimum atomic E-state index is -0.991. The number of urea groups is 1. The van der Waals surface area contributed by atoms with Crippen LogP contribution in [0.15, 0.2) is 66.7 Å². The number of carbonyl (C=O) groups is 3. The Labute approximate surface area is 214 Å². The molecule has 0 radical (unpaired) electrons. The second kappa shape index (κ2) is 11.1. The highest BCUT2D eigenvalue weighted by molar-refractivity contribution is 6.22. The fourth-order valence-electron chi connectivity index (χ4n) is 4.23. The molecule has 1 fully saturated rings. The number of amides is 4. The number of nitrogens with zero attached hydrogens (tertiary/aromatic N) is 2. The summed E-state index contributed by atoms with van der Waals surface area (Å²) in [6.45, 7) is 2.12. The Morgan fingerprint density at radius 3 is 2.27 bits per heavy atom. The molecule has 0 aliphatic carbocycles. The zero-order valence-corrected chi connectivity index (χ0v) is 20.9. The van der Waals surface area contributed by atoms with Crippen LogP contribution in [0, 0.1) is 12.7 Å². The third-order valence-corrected chi connectivity index (χ3v) is 6.21. The molecule has 0 aromatic heterocycles. The van der Waals surface area contributed by atoms with Gasteiger partial charge in [-0.25, -0.2) is 14.1 Å². The van der Waals surface area contributed by atoms with Crippen molar-refractivity contribution in [3.8, 4) is 11.5 Å². The molecule has 3 aromatic rings. The molecule has 37 heavy (non-hydrogen) atoms. The standard InChI is InChI=1S/C28H28FN3O5/c1-18-4-11-22(12-5-18)32-27(34)23(17-26(33)30-21-9-7-20(29)8-10-21)31(28(32)35)15-14-19-6-13-24(36-2)25(16-19)37-3/h4-13,16,23H,14-15,17H2,1-3H3,(H,30,33)/t23-/m1/s1. The van der Waals surface area contributed by atoms with Crippen molar-refractivity contribution in [1.82, 2.24) is 4.90 Å². The molecule has 9 heteroatoms. The molecule has 192 valence electrons. The number of carbonyl (C=O) groups excluding carboxylic acids is 3. The fourth-order valence-corrected chi connectivity index (χ4v) is 4.23. The zero-order valence-electron chi connectivity index (χ0n) is 20.9. The Bertz CT molecular complexity index is 1290. The van der Waals surface area contributed by atoms with Gasteiger partial charge in [-0.1, -0.05) is 23.8 Å². The summed E-state index contributed by atoms with van der Waals surface area (Å²) in [6, 6.07) is 16.3. The minimum Gasteiger partial charge on any atom is -0.493 e. The smallest absolute Gasteiger partial charge is 0.332 e. The van der Waals surface area contributed by atoms with E-state index in [9.17, 15) is 18.8 Å². The van der Waals surface area contributed by atoms with Crippen LogP contribution in [0.2, 0.25) is 0 Å². The molecule has 0 bridgehead atoms. The van der Waals surface area contributed by atoms with E-state index in [1.54, 1.807) is 32.4 Å². The lowest BCUT2D eigenvalue weighted by Crippen LogP contribution is -2.39. The first-order chi connectivity index (χ1) is 17.8. The van der Waals surface area contributed by atoms with Gasteiger partial charge in [0, 0.05) is 12.2 Å². The van der Waals surface area contributed by atoms with Crippen LogP contribution < -0.4 is 19.7 Å². The topological polar surface area (TPSA) is 88.2 Å². The van der Waals surface area contributed by atoms with E-state index in [-0.39, 0.29) is 13.0 Å². The van der Waals surface area contributed by atoms with Gasteiger partial charge < -0.3 is 19.7 Å². The van der Waals surface area contributed by atoms with E-state index in [1.807, 2.05) is 31.2 Å². The monoisotopic (exact) mass is 505 g/mol. The predicted octanol–water partition coefficient (Wildman–Crippen LogP) is 4.56. The second-order valence-electron chi connectivity index (χ2n) is 8.70. The summed E-state index contributed by atoms with van der Waals surface area (Å²) in [4.78, 5) is 42.2. The van der Waals surface area contributed by atoms with Crippen LogP contribution in [0.1, 0.15) is 17.5 Å². The van der Waals surface area contributed by atoms with Crippen LogP contribution in [0.4, 0.5) is 20.6 Å². The van der Waals surface area contributed by atoms with Crippen molar-refractivity contribution in [3.05, 3.63) is 83.7 Å². The molecule has 1 aliphatic rings. The van der Waals surface area contributed by atoms with Gasteiger partial charge >= 0.3 is 6.03 Å². The maximum atomic E-state index is 13.4. The lowest BCUT2D eigenvalue weighted by Gasteiger charge is -2.22. The maximum absolute atomic E-state index is 13.4. The van der Waals surface area contributed by atoms with Crippen LogP contribution in [-0.2, 0) is 16.0 Å². The largest absolute Gasteiger partial charge is 0.493 e. The van der Waals surface area contributed by atoms with E-state index in [1.165, 1.54) is 29.2 Å². The van der Waals surface area contributed by atoms with Crippen molar-refractivity contribution < 1.29 is 28.2 Å². The Morgan fingerprint density at radius 1 is 0.946 bits per heavy atom. The molecular weight excluding hydrogens is 477 g/mol. The van der Waals surface area contributed by atoms with E-state index in [2.05, 4.69) is 5.32 Å². The van der Waals surface area contributed by atoms with Gasteiger partial charge in [0.05, 0.1) is 26.3 Å². The summed E-state index contributed by atoms with van der Waals surface area (Å²) in [7, 11) is 3.09. The molecular formula is C28H28FN3O5. The van der Waals surface area contributed by atoms with Crippen molar-refractivity contribution in [2.45, 2.75) is 25.8 Å². The van der Waals surface area contributed by atoms with Crippen LogP contribution in [0.5, 0.6) is 11.5 Å². The average molecular weight is 506 g/mol. The first-order valence-corrected chi connectivity index (χ1v) is 11.8. The Balaban J connectivity index is 1.56. The van der Waals surface area contributed by atoms with Crippen LogP contribution in [-0.4, -0.2) is 49.6 Å². The molecule has 4 rings (SSSR count). The van der Waals surface area contributed by atoms with Crippen molar-refractivity contribution in [2.75, 3.05) is 31.0 Å². The number of rotatable bonds is 9. The lowest BCUT2D eigenvalue weighted by atomic mass is 10.1. The molecule has 8 nitrogen and oxygen atoms in total. The summed E-state index contributed by atoms with van der Waals surface area (Å²) >= 11 is 0. The number of hydrogen-bond acceptors (Lipinski definition) is 5. The quantitative estimate of drug-likeness (QED) is 0.431. The van der Waals surface area contributed by atoms with E-state index in [0.29, 0.717) is 29.3 Å². The highest BCUT2D eigenvalue weighted by Crippen LogP contribution is 2.30. The number of imide groups is 1. The van der Waals surface area contributed by atoms with Crippen molar-refractivity contribution in [2.24, 2.45) is 0 Å². The van der Waals surface area contributed by atoms with Gasteiger partial charge in [-0.05, 0) is 67.4 Å². The molecule has 1 aliphatic heterocycles. The number of nitrogens with one attached hydrogen (secondary N) is 1. The normalized spacial score (nSPS) is 15.2. The van der Waals surface area contributed by atoms with Gasteiger partial charge in [0.25, 0.3) is 5.91 Å². The molecule has 1 heterocycles. The highest BCUT2D eigenvalue weighted by atomic mass is 19.1. The summed E-state index contributed by atoms with van der Waals surface area (Å²) in [5.74, 6) is -0.223. The molecule has 0 saturated carbocycles. The summed E-state index contributed by atoms with van der Waals surface area (Å²) in [5, 5.41) is 2.67. The number of methoxy groups -OCH3 is 2. The molecule has 0 unspecified atom stereocenters. The number of halogens is 1. The molecule has 0 spiro atoms. The number of ether oxygens (including phenoxy) is 2. The van der Waals surface area contributed by atoms with E-state index < -0.39 is 29.7 Å². The van der Waals surface area contributed by atoms with Gasteiger partial charge in [-0.3, -0.25) is 9.59 Å². The van der Waals surface area contributed by atoms with E-state index in [4.69, 9.17) is 9.47 Å². The number of aryl methyl sites for hydroxylation is 1. The van der Waals surface area contributed by atoms with Gasteiger partial charge in [0.15, 0.2) is 11.5 Å². The van der Waals surface area contributed by atoms with E-state index >= 15 is 0 Å². The molecule has 4 amide bonds. The van der Waals surface area contributed by atoms with Crippen LogP contribution in [0.3, 0.4) is 0 Å². The highest BCUT2D eigenvalue weighted by Gasteiger charge is 2.46. The summed E-state index contributed by atoms with van der Waals surface area (Å²) in [5.41, 5.74) is 2.71. The molecule has 1 atom stereocenters. The Hall–Kier alpha value is -4.40. The second-order valence-corrected chi connectivity index (χ2v) is 8.70. The first-order valence-electron chi connectivity index (χ1n) is 11.8. The predicted molar refractivity (Wildman–Crippen MR) is 137 cm³/mol. The van der Waals surface area contributed by atoms with Crippen LogP contribution >= 0.6 is 0 Å². The van der Waals surface area contributed by atoms with Crippen LogP contribution in [0.25, 0.3) is 0 Å². The SMILES string of the molecule is COc1ccc(CCN2C(=O)N(c3ccc(C)cc3)C(=O)[C@H]2CC(=O)Nc2ccc(F)cc2)cc1OC. The lowest BCUT2D eigenvalue weighted by molar-refractivity contribution is -0.124. The van der Waals surface area contributed by atoms with Gasteiger partial charge in [-0.15, -0.1) is 0 Å². The van der Waals surface area contributed by atoms with Crippen molar-refractivity contribution in [1.29, 1.82) is 0 Å². The van der Waals surface area contributed by atoms with Gasteiger partial charge in [0.2, 0.25) is 5.91 Å². The Morgan fingerprint density at radius 2 is 1.62 bits per heavy atom. The number of anilines is 2. The molecule has 1 saturated heterocycles. The summed E-state index contributed by atoms with van der Waals surface area (Å²) in [6.07, 6.45) is 0.188. The number of hydrogen-bond donors (Lipinski definition) is 1. The average Bonchev–Trinajstić information content (AvgIpc) is 3.12. The van der Waals surface area contributed by atoms with E-state index in [0.717, 1.165) is 16.0 Å². The zero-order chi connectivity index (χ0) is 26.5. The van der Waals surface area contributed by atoms with Gasteiger partial charge in [0.1, 0.15) is 11.9 Å². The number of benzene rings is 3. The van der Waals surface area contributed by atoms with Gasteiger partial charge in [-0.2, -0.15) is 0 Å². The molecule has 3 aromatic carbocycles. The third kappa shape index (κ3) is 5.72. The Kier molecular flexibility index (Phi) is 7.71. The van der Waals surface area contributed by atoms with Crippen molar-refractivity contribution >= 4 is 29.2 Å². The molecule has 1 N–H and O–H groups in total.